The molecule has 8 heteroatoms. The van der Waals surface area contributed by atoms with Gasteiger partial charge < -0.3 is 4.74 Å². The van der Waals surface area contributed by atoms with Gasteiger partial charge in [0.25, 0.3) is 11.8 Å². The summed E-state index contributed by atoms with van der Waals surface area (Å²) < 4.78 is 5.65. The molecule has 0 fully saturated rings. The second kappa shape index (κ2) is 11.3. The van der Waals surface area contributed by atoms with Gasteiger partial charge in [0.2, 0.25) is 0 Å². The van der Waals surface area contributed by atoms with Crippen LogP contribution < -0.4 is 20.9 Å². The average molecular weight is 406 g/mol. The number of carbonyl (C=O) groups excluding carboxylic acids is 2. The fourth-order valence-electron chi connectivity index (χ4n) is 2.21. The van der Waals surface area contributed by atoms with Gasteiger partial charge in [-0.2, -0.15) is 0 Å². The van der Waals surface area contributed by atoms with Gasteiger partial charge in [0.15, 0.2) is 5.11 Å². The van der Waals surface area contributed by atoms with E-state index in [1.54, 1.807) is 41.8 Å². The largest absolute Gasteiger partial charge is 0.494 e. The molecule has 1 heterocycles. The molecule has 2 aromatic rings. The van der Waals surface area contributed by atoms with Crippen LogP contribution in [0.5, 0.6) is 5.75 Å². The number of amides is 2. The van der Waals surface area contributed by atoms with Crippen molar-refractivity contribution in [1.82, 2.24) is 16.2 Å². The Morgan fingerprint density at radius 2 is 1.81 bits per heavy atom. The second-order valence-electron chi connectivity index (χ2n) is 5.77. The Kier molecular flexibility index (Phi) is 8.73. The van der Waals surface area contributed by atoms with Gasteiger partial charge in [0.05, 0.1) is 11.5 Å². The predicted octanol–water partition coefficient (Wildman–Crippen LogP) is 3.66. The van der Waals surface area contributed by atoms with E-state index < -0.39 is 0 Å². The fourth-order valence-corrected chi connectivity index (χ4v) is 2.97. The van der Waals surface area contributed by atoms with Crippen LogP contribution in [0.1, 0.15) is 52.6 Å². The number of carbonyl (C=O) groups is 2. The molecule has 144 valence electrons. The Hall–Kier alpha value is -2.45. The number of benzene rings is 1. The normalized spacial score (nSPS) is 10.1. The van der Waals surface area contributed by atoms with Crippen molar-refractivity contribution in [1.29, 1.82) is 0 Å². The zero-order chi connectivity index (χ0) is 19.5. The molecule has 0 aliphatic heterocycles. The van der Waals surface area contributed by atoms with E-state index in [-0.39, 0.29) is 16.9 Å². The Morgan fingerprint density at radius 3 is 2.48 bits per heavy atom. The van der Waals surface area contributed by atoms with Crippen LogP contribution >= 0.6 is 23.6 Å². The lowest BCUT2D eigenvalue weighted by Crippen LogP contribution is -2.48. The maximum absolute atomic E-state index is 12.2. The highest BCUT2D eigenvalue weighted by molar-refractivity contribution is 7.80. The highest BCUT2D eigenvalue weighted by Crippen LogP contribution is 2.13. The first-order valence-corrected chi connectivity index (χ1v) is 10.1. The summed E-state index contributed by atoms with van der Waals surface area (Å²) in [5.74, 6) is 0.0429. The first kappa shape index (κ1) is 20.9. The third-order valence-electron chi connectivity index (χ3n) is 3.64. The van der Waals surface area contributed by atoms with Crippen molar-refractivity contribution >= 4 is 40.5 Å². The summed E-state index contributed by atoms with van der Waals surface area (Å²) in [7, 11) is 0. The monoisotopic (exact) mass is 405 g/mol. The number of thiocarbonyl (C=S) groups is 1. The molecule has 0 saturated carbocycles. The van der Waals surface area contributed by atoms with Crippen LogP contribution in [-0.4, -0.2) is 23.5 Å². The van der Waals surface area contributed by atoms with E-state index in [9.17, 15) is 9.59 Å². The van der Waals surface area contributed by atoms with Crippen LogP contribution in [0.25, 0.3) is 0 Å². The van der Waals surface area contributed by atoms with Gasteiger partial charge in [-0.1, -0.05) is 32.3 Å². The molecule has 6 nitrogen and oxygen atoms in total. The summed E-state index contributed by atoms with van der Waals surface area (Å²) >= 11 is 6.33. The molecule has 0 bridgehead atoms. The predicted molar refractivity (Wildman–Crippen MR) is 111 cm³/mol. The van der Waals surface area contributed by atoms with Gasteiger partial charge in [-0.05, 0) is 54.4 Å². The van der Waals surface area contributed by atoms with E-state index in [1.165, 1.54) is 24.2 Å². The first-order chi connectivity index (χ1) is 13.1. The van der Waals surface area contributed by atoms with Crippen molar-refractivity contribution in [3.8, 4) is 5.75 Å². The summed E-state index contributed by atoms with van der Waals surface area (Å²) in [6, 6.07) is 10.3. The van der Waals surface area contributed by atoms with Gasteiger partial charge in [0, 0.05) is 5.56 Å². The molecule has 1 aromatic carbocycles. The summed E-state index contributed by atoms with van der Waals surface area (Å²) in [6.07, 6.45) is 4.58. The number of nitrogens with one attached hydrogen (secondary N) is 3. The van der Waals surface area contributed by atoms with Crippen LogP contribution in [0.4, 0.5) is 0 Å². The van der Waals surface area contributed by atoms with Crippen LogP contribution in [0.2, 0.25) is 0 Å². The number of hydrogen-bond acceptors (Lipinski definition) is 5. The minimum Gasteiger partial charge on any atom is -0.494 e. The maximum Gasteiger partial charge on any atom is 0.279 e. The molecule has 0 saturated heterocycles. The third kappa shape index (κ3) is 7.36. The lowest BCUT2D eigenvalue weighted by molar-refractivity contribution is 0.0938. The highest BCUT2D eigenvalue weighted by atomic mass is 32.1. The van der Waals surface area contributed by atoms with Crippen LogP contribution in [-0.2, 0) is 0 Å². The van der Waals surface area contributed by atoms with Gasteiger partial charge in [-0.3, -0.25) is 25.8 Å². The summed E-state index contributed by atoms with van der Waals surface area (Å²) in [6.45, 7) is 2.84. The van der Waals surface area contributed by atoms with Crippen LogP contribution in [0.3, 0.4) is 0 Å². The number of unbranched alkanes of at least 4 members (excludes halogenated alkanes) is 3. The Bertz CT molecular complexity index is 746. The third-order valence-corrected chi connectivity index (χ3v) is 4.72. The Morgan fingerprint density at radius 1 is 1.04 bits per heavy atom. The summed E-state index contributed by atoms with van der Waals surface area (Å²) in [5.41, 5.74) is 5.39. The summed E-state index contributed by atoms with van der Waals surface area (Å²) in [5, 5.41) is 4.33. The molecule has 2 rings (SSSR count). The molecular weight excluding hydrogens is 382 g/mol. The molecule has 0 aliphatic rings. The van der Waals surface area contributed by atoms with Gasteiger partial charge in [-0.25, -0.2) is 0 Å². The number of rotatable bonds is 8. The molecule has 0 spiro atoms. The Balaban J connectivity index is 1.73. The van der Waals surface area contributed by atoms with Crippen molar-refractivity contribution < 1.29 is 14.3 Å². The molecule has 0 aliphatic carbocycles. The number of thiophene rings is 1. The van der Waals surface area contributed by atoms with Crippen molar-refractivity contribution in [2.75, 3.05) is 6.61 Å². The minimum atomic E-state index is -0.368. The Labute approximate surface area is 168 Å². The number of hydrazine groups is 1. The van der Waals surface area contributed by atoms with E-state index >= 15 is 0 Å². The van der Waals surface area contributed by atoms with Gasteiger partial charge in [-0.15, -0.1) is 11.3 Å². The SMILES string of the molecule is CCCCCCOc1ccc(C(=O)NC(=S)NNC(=O)c2cccs2)cc1. The van der Waals surface area contributed by atoms with Crippen LogP contribution in [0.15, 0.2) is 41.8 Å². The minimum absolute atomic E-state index is 0.0150. The molecule has 2 amide bonds. The van der Waals surface area contributed by atoms with E-state index in [0.29, 0.717) is 17.0 Å². The lowest BCUT2D eigenvalue weighted by atomic mass is 10.2. The number of ether oxygens (including phenoxy) is 1. The smallest absolute Gasteiger partial charge is 0.279 e. The summed E-state index contributed by atoms with van der Waals surface area (Å²) in [4.78, 5) is 24.5. The first-order valence-electron chi connectivity index (χ1n) is 8.78. The fraction of sp³-hybridized carbons (Fsp3) is 0.316. The molecule has 27 heavy (non-hydrogen) atoms. The van der Waals surface area contributed by atoms with E-state index in [4.69, 9.17) is 17.0 Å². The van der Waals surface area contributed by atoms with Crippen molar-refractivity contribution in [2.24, 2.45) is 0 Å². The van der Waals surface area contributed by atoms with E-state index in [2.05, 4.69) is 23.1 Å². The number of hydrogen-bond donors (Lipinski definition) is 3. The van der Waals surface area contributed by atoms with Crippen LogP contribution in [0, 0.1) is 0 Å². The van der Waals surface area contributed by atoms with Gasteiger partial charge in [0.1, 0.15) is 5.75 Å². The molecule has 0 unspecified atom stereocenters. The second-order valence-corrected chi connectivity index (χ2v) is 7.13. The lowest BCUT2D eigenvalue weighted by Gasteiger charge is -2.11. The molecule has 3 N–H and O–H groups in total. The molecule has 0 radical (unpaired) electrons. The molecule has 1 aromatic heterocycles. The average Bonchev–Trinajstić information content (AvgIpc) is 3.21. The van der Waals surface area contributed by atoms with Crippen molar-refractivity contribution in [3.05, 3.63) is 52.2 Å². The molecular formula is C19H23N3O3S2. The van der Waals surface area contributed by atoms with E-state index in [0.717, 1.165) is 18.6 Å². The van der Waals surface area contributed by atoms with Gasteiger partial charge >= 0.3 is 0 Å². The zero-order valence-electron chi connectivity index (χ0n) is 15.1. The van der Waals surface area contributed by atoms with E-state index in [1.807, 2.05) is 0 Å². The molecule has 0 atom stereocenters. The topological polar surface area (TPSA) is 79.5 Å². The van der Waals surface area contributed by atoms with Crippen molar-refractivity contribution in [3.63, 3.8) is 0 Å². The quantitative estimate of drug-likeness (QED) is 0.355. The standard InChI is InChI=1S/C19H23N3O3S2/c1-2-3-4-5-12-25-15-10-8-14(9-11-15)17(23)20-19(26)22-21-18(24)16-7-6-13-27-16/h6-11,13H,2-5,12H2,1H3,(H,21,24)(H2,20,22,23,26). The highest BCUT2D eigenvalue weighted by Gasteiger charge is 2.10. The zero-order valence-corrected chi connectivity index (χ0v) is 16.8. The maximum atomic E-state index is 12.2. The van der Waals surface area contributed by atoms with Crippen molar-refractivity contribution in [2.45, 2.75) is 32.6 Å².